The number of fused-ring (bicyclic) bond motifs is 1. The van der Waals surface area contributed by atoms with Gasteiger partial charge in [0.05, 0.1) is 5.60 Å². The van der Waals surface area contributed by atoms with E-state index in [1.165, 1.54) is 6.42 Å². The Morgan fingerprint density at radius 1 is 1.36 bits per heavy atom. The minimum atomic E-state index is -0.553. The van der Waals surface area contributed by atoms with Crippen molar-refractivity contribution in [3.8, 4) is 0 Å². The molecule has 2 nitrogen and oxygen atoms in total. The fourth-order valence-corrected chi connectivity index (χ4v) is 2.69. The number of nitrogens with one attached hydrogen (secondary N) is 1. The van der Waals surface area contributed by atoms with Gasteiger partial charge in [0.1, 0.15) is 0 Å². The molecular weight excluding hydrogens is 138 g/mol. The predicted octanol–water partition coefficient (Wildman–Crippen LogP) is 1.04. The van der Waals surface area contributed by atoms with Crippen LogP contribution < -0.4 is 5.32 Å². The van der Waals surface area contributed by atoms with Crippen LogP contribution in [0.2, 0.25) is 0 Å². The van der Waals surface area contributed by atoms with Crippen molar-refractivity contribution in [2.24, 2.45) is 0 Å². The first-order valence-corrected chi connectivity index (χ1v) is 4.39. The maximum Gasteiger partial charge on any atom is 0.0773 e. The van der Waals surface area contributed by atoms with Gasteiger partial charge in [0.25, 0.3) is 0 Å². The second-order valence-electron chi connectivity index (χ2n) is 5.00. The zero-order valence-electron chi connectivity index (χ0n) is 7.57. The molecule has 2 aliphatic heterocycles. The molecule has 3 fully saturated rings. The van der Waals surface area contributed by atoms with Crippen LogP contribution in [-0.2, 0) is 0 Å². The van der Waals surface area contributed by atoms with Crippen molar-refractivity contribution < 1.29 is 5.11 Å². The molecule has 0 aromatic rings. The van der Waals surface area contributed by atoms with Crippen LogP contribution in [0.1, 0.15) is 40.0 Å². The highest BCUT2D eigenvalue weighted by atomic mass is 16.3. The standard InChI is InChI=1S/C9H17NO/c1-7(2,11)9-5-4-8(3,6-9)10-9/h10-11H,4-6H2,1-3H3. The van der Waals surface area contributed by atoms with Crippen LogP contribution in [0.15, 0.2) is 0 Å². The van der Waals surface area contributed by atoms with Crippen LogP contribution in [0.4, 0.5) is 0 Å². The Labute approximate surface area is 68.0 Å². The molecule has 2 N–H and O–H groups in total. The molecule has 11 heavy (non-hydrogen) atoms. The summed E-state index contributed by atoms with van der Waals surface area (Å²) in [6.07, 6.45) is 3.49. The molecule has 2 saturated heterocycles. The number of rotatable bonds is 1. The SMILES string of the molecule is CC12CCC(C(C)(C)O)(C1)N2. The fourth-order valence-electron chi connectivity index (χ4n) is 2.69. The van der Waals surface area contributed by atoms with E-state index in [0.717, 1.165) is 12.8 Å². The van der Waals surface area contributed by atoms with Crippen molar-refractivity contribution >= 4 is 0 Å². The van der Waals surface area contributed by atoms with Crippen molar-refractivity contribution in [3.05, 3.63) is 0 Å². The predicted molar refractivity (Wildman–Crippen MR) is 44.4 cm³/mol. The monoisotopic (exact) mass is 155 g/mol. The van der Waals surface area contributed by atoms with Gasteiger partial charge in [0.2, 0.25) is 0 Å². The molecule has 1 saturated carbocycles. The molecule has 3 aliphatic rings. The lowest BCUT2D eigenvalue weighted by molar-refractivity contribution is -0.0654. The maximum atomic E-state index is 9.87. The fraction of sp³-hybridized carbons (Fsp3) is 1.00. The van der Waals surface area contributed by atoms with Gasteiger partial charge in [-0.15, -0.1) is 0 Å². The molecule has 64 valence electrons. The van der Waals surface area contributed by atoms with Crippen molar-refractivity contribution in [2.75, 3.05) is 0 Å². The van der Waals surface area contributed by atoms with Gasteiger partial charge in [0, 0.05) is 11.1 Å². The Hall–Kier alpha value is -0.0800. The highest BCUT2D eigenvalue weighted by Crippen LogP contribution is 2.53. The summed E-state index contributed by atoms with van der Waals surface area (Å²) in [7, 11) is 0. The molecule has 0 aromatic carbocycles. The molecule has 2 heteroatoms. The second kappa shape index (κ2) is 1.64. The molecule has 2 heterocycles. The largest absolute Gasteiger partial charge is 0.389 e. The van der Waals surface area contributed by atoms with Crippen LogP contribution in [0.3, 0.4) is 0 Å². The average Bonchev–Trinajstić information content (AvgIpc) is 2.16. The Morgan fingerprint density at radius 3 is 2.09 bits per heavy atom. The molecule has 1 aliphatic carbocycles. The average molecular weight is 155 g/mol. The normalized spacial score (nSPS) is 49.1. The van der Waals surface area contributed by atoms with Crippen LogP contribution in [0, 0.1) is 0 Å². The van der Waals surface area contributed by atoms with E-state index < -0.39 is 5.60 Å². The van der Waals surface area contributed by atoms with Gasteiger partial charge in [-0.25, -0.2) is 0 Å². The van der Waals surface area contributed by atoms with Gasteiger partial charge in [-0.2, -0.15) is 0 Å². The lowest BCUT2D eigenvalue weighted by atomic mass is 9.72. The summed E-state index contributed by atoms with van der Waals surface area (Å²) in [4.78, 5) is 0. The van der Waals surface area contributed by atoms with E-state index in [2.05, 4.69) is 12.2 Å². The molecule has 0 radical (unpaired) electrons. The van der Waals surface area contributed by atoms with Crippen molar-refractivity contribution in [1.29, 1.82) is 0 Å². The Morgan fingerprint density at radius 2 is 1.91 bits per heavy atom. The third-order valence-corrected chi connectivity index (χ3v) is 3.51. The highest BCUT2D eigenvalue weighted by Gasteiger charge is 2.63. The number of hydrogen-bond acceptors (Lipinski definition) is 2. The lowest BCUT2D eigenvalue weighted by Gasteiger charge is -2.53. The summed E-state index contributed by atoms with van der Waals surface area (Å²) in [6.45, 7) is 6.06. The smallest absolute Gasteiger partial charge is 0.0773 e. The molecule has 3 rings (SSSR count). The van der Waals surface area contributed by atoms with Crippen molar-refractivity contribution in [1.82, 2.24) is 5.32 Å². The van der Waals surface area contributed by atoms with Gasteiger partial charge in [-0.3, -0.25) is 0 Å². The summed E-state index contributed by atoms with van der Waals surface area (Å²) in [5.41, 5.74) is -0.162. The zero-order chi connectivity index (χ0) is 8.33. The van der Waals surface area contributed by atoms with E-state index in [9.17, 15) is 5.11 Å². The minimum absolute atomic E-state index is 0.0434. The summed E-state index contributed by atoms with van der Waals surface area (Å²) in [6, 6.07) is 0. The number of aliphatic hydroxyl groups is 1. The summed E-state index contributed by atoms with van der Waals surface area (Å²) in [5, 5.41) is 13.4. The van der Waals surface area contributed by atoms with Gasteiger partial charge in [-0.1, -0.05) is 0 Å². The topological polar surface area (TPSA) is 32.3 Å². The van der Waals surface area contributed by atoms with Crippen molar-refractivity contribution in [2.45, 2.75) is 56.7 Å². The van der Waals surface area contributed by atoms with E-state index in [4.69, 9.17) is 0 Å². The van der Waals surface area contributed by atoms with E-state index >= 15 is 0 Å². The Bertz CT molecular complexity index is 186. The molecule has 2 unspecified atom stereocenters. The van der Waals surface area contributed by atoms with Crippen LogP contribution in [-0.4, -0.2) is 21.8 Å². The number of hydrogen-bond donors (Lipinski definition) is 2. The summed E-state index contributed by atoms with van der Waals surface area (Å²) >= 11 is 0. The molecule has 0 spiro atoms. The van der Waals surface area contributed by atoms with Crippen LogP contribution in [0.5, 0.6) is 0 Å². The van der Waals surface area contributed by atoms with Gasteiger partial charge in [-0.05, 0) is 40.0 Å². The molecule has 2 bridgehead atoms. The highest BCUT2D eigenvalue weighted by molar-refractivity contribution is 5.23. The zero-order valence-corrected chi connectivity index (χ0v) is 7.57. The second-order valence-corrected chi connectivity index (χ2v) is 5.00. The molecular formula is C9H17NO. The van der Waals surface area contributed by atoms with Crippen LogP contribution in [0.25, 0.3) is 0 Å². The van der Waals surface area contributed by atoms with Gasteiger partial charge in [0.15, 0.2) is 0 Å². The van der Waals surface area contributed by atoms with E-state index in [-0.39, 0.29) is 5.54 Å². The first-order valence-electron chi connectivity index (χ1n) is 4.39. The minimum Gasteiger partial charge on any atom is -0.389 e. The van der Waals surface area contributed by atoms with E-state index in [0.29, 0.717) is 5.54 Å². The van der Waals surface area contributed by atoms with Gasteiger partial charge < -0.3 is 10.4 Å². The quantitative estimate of drug-likeness (QED) is 0.593. The Kier molecular flexibility index (Phi) is 1.13. The molecule has 0 amide bonds. The third-order valence-electron chi connectivity index (χ3n) is 3.51. The first-order chi connectivity index (χ1) is 4.87. The van der Waals surface area contributed by atoms with E-state index in [1.54, 1.807) is 0 Å². The maximum absolute atomic E-state index is 9.87. The molecule has 2 atom stereocenters. The Balaban J connectivity index is 2.19. The summed E-state index contributed by atoms with van der Waals surface area (Å²) in [5.74, 6) is 0. The first kappa shape index (κ1) is 7.56. The van der Waals surface area contributed by atoms with Crippen molar-refractivity contribution in [3.63, 3.8) is 0 Å². The third kappa shape index (κ3) is 0.798. The van der Waals surface area contributed by atoms with Gasteiger partial charge >= 0.3 is 0 Å². The molecule has 0 aromatic heterocycles. The van der Waals surface area contributed by atoms with E-state index in [1.807, 2.05) is 13.8 Å². The van der Waals surface area contributed by atoms with Crippen LogP contribution >= 0.6 is 0 Å². The lowest BCUT2D eigenvalue weighted by Crippen LogP contribution is -2.71. The summed E-state index contributed by atoms with van der Waals surface area (Å²) < 4.78 is 0.